The van der Waals surface area contributed by atoms with E-state index in [4.69, 9.17) is 27.9 Å². The first-order chi connectivity index (χ1) is 13.1. The molecule has 2 aromatic rings. The van der Waals surface area contributed by atoms with Crippen molar-refractivity contribution < 1.29 is 13.9 Å². The summed E-state index contributed by atoms with van der Waals surface area (Å²) in [6, 6.07) is 1.62. The average molecular weight is 494 g/mol. The molecule has 0 radical (unpaired) electrons. The molecule has 0 N–H and O–H groups in total. The summed E-state index contributed by atoms with van der Waals surface area (Å²) in [5.74, 6) is -0.0902. The summed E-state index contributed by atoms with van der Waals surface area (Å²) < 4.78 is 20.2. The molecule has 1 aliphatic rings. The Hall–Kier alpha value is -1.38. The number of rotatable bonds is 1. The van der Waals surface area contributed by atoms with Crippen LogP contribution in [0.4, 0.5) is 15.0 Å². The Bertz CT molecular complexity index is 923. The highest BCUT2D eigenvalue weighted by Crippen LogP contribution is 2.36. The smallest absolute Gasteiger partial charge is 0.410 e. The van der Waals surface area contributed by atoms with E-state index in [1.54, 1.807) is 11.0 Å². The van der Waals surface area contributed by atoms with Crippen molar-refractivity contribution in [1.29, 1.82) is 0 Å². The van der Waals surface area contributed by atoms with Crippen molar-refractivity contribution in [3.05, 3.63) is 26.7 Å². The van der Waals surface area contributed by atoms with Crippen LogP contribution < -0.4 is 4.90 Å². The molecule has 0 atom stereocenters. The van der Waals surface area contributed by atoms with E-state index >= 15 is 0 Å². The Morgan fingerprint density at radius 3 is 2.61 bits per heavy atom. The molecule has 0 spiro atoms. The molecule has 1 aliphatic heterocycles. The highest BCUT2D eigenvalue weighted by atomic mass is 79.9. The monoisotopic (exact) mass is 492 g/mol. The van der Waals surface area contributed by atoms with E-state index < -0.39 is 11.4 Å². The number of ether oxygens (including phenoxy) is 1. The lowest BCUT2D eigenvalue weighted by atomic mass is 10.2. The number of hydrogen-bond acceptors (Lipinski definition) is 5. The number of anilines is 1. The van der Waals surface area contributed by atoms with Crippen LogP contribution in [0.15, 0.2) is 10.5 Å². The van der Waals surface area contributed by atoms with E-state index in [2.05, 4.69) is 25.9 Å². The lowest BCUT2D eigenvalue weighted by molar-refractivity contribution is 0.0263. The third kappa shape index (κ3) is 4.60. The van der Waals surface area contributed by atoms with Crippen LogP contribution in [0.2, 0.25) is 10.3 Å². The molecule has 28 heavy (non-hydrogen) atoms. The van der Waals surface area contributed by atoms with E-state index in [1.165, 1.54) is 0 Å². The first-order valence-corrected chi connectivity index (χ1v) is 10.4. The largest absolute Gasteiger partial charge is 0.444 e. The minimum Gasteiger partial charge on any atom is -0.444 e. The van der Waals surface area contributed by atoms with Crippen LogP contribution in [0, 0.1) is 5.82 Å². The van der Waals surface area contributed by atoms with Crippen molar-refractivity contribution in [2.75, 3.05) is 31.1 Å². The molecule has 1 fully saturated rings. The summed E-state index contributed by atoms with van der Waals surface area (Å²) in [7, 11) is 0. The van der Waals surface area contributed by atoms with Crippen LogP contribution >= 0.6 is 39.1 Å². The van der Waals surface area contributed by atoms with Crippen LogP contribution in [-0.2, 0) is 4.74 Å². The number of carbonyl (C=O) groups is 1. The zero-order valence-corrected chi connectivity index (χ0v) is 18.8. The quantitative estimate of drug-likeness (QED) is 0.399. The summed E-state index contributed by atoms with van der Waals surface area (Å²) in [6.45, 7) is 7.63. The molecule has 152 valence electrons. The number of hydrogen-bond donors (Lipinski definition) is 0. The Labute approximate surface area is 181 Å². The number of amides is 1. The second kappa shape index (κ2) is 8.16. The van der Waals surface area contributed by atoms with Crippen molar-refractivity contribution in [2.45, 2.75) is 32.8 Å². The molecule has 3 rings (SSSR count). The number of halogens is 4. The maximum atomic E-state index is 14.6. The lowest BCUT2D eigenvalue weighted by Crippen LogP contribution is -2.39. The highest BCUT2D eigenvalue weighted by Gasteiger charge is 2.26. The Kier molecular flexibility index (Phi) is 6.22. The van der Waals surface area contributed by atoms with Gasteiger partial charge in [-0.2, -0.15) is 4.98 Å². The van der Waals surface area contributed by atoms with Crippen LogP contribution in [-0.4, -0.2) is 52.7 Å². The second-order valence-electron chi connectivity index (χ2n) is 7.51. The van der Waals surface area contributed by atoms with Gasteiger partial charge in [0, 0.05) is 31.6 Å². The highest BCUT2D eigenvalue weighted by molar-refractivity contribution is 9.10. The van der Waals surface area contributed by atoms with Crippen molar-refractivity contribution in [1.82, 2.24) is 14.9 Å². The summed E-state index contributed by atoms with van der Waals surface area (Å²) in [6.07, 6.45) is 0.354. The van der Waals surface area contributed by atoms with Gasteiger partial charge >= 0.3 is 6.09 Å². The van der Waals surface area contributed by atoms with E-state index in [9.17, 15) is 9.18 Å². The van der Waals surface area contributed by atoms with Crippen molar-refractivity contribution in [2.24, 2.45) is 0 Å². The Morgan fingerprint density at radius 1 is 1.21 bits per heavy atom. The summed E-state index contributed by atoms with van der Waals surface area (Å²) in [5, 5.41) is 0.645. The van der Waals surface area contributed by atoms with Crippen LogP contribution in [0.5, 0.6) is 0 Å². The predicted octanol–water partition coefficient (Wildman–Crippen LogP) is 5.29. The molecule has 1 aromatic heterocycles. The van der Waals surface area contributed by atoms with Gasteiger partial charge in [-0.05, 0) is 60.8 Å². The third-order valence-corrected chi connectivity index (χ3v) is 5.70. The van der Waals surface area contributed by atoms with E-state index in [-0.39, 0.29) is 26.4 Å². The van der Waals surface area contributed by atoms with Gasteiger partial charge in [-0.15, -0.1) is 0 Å². The zero-order chi connectivity index (χ0) is 20.6. The maximum Gasteiger partial charge on any atom is 0.410 e. The molecule has 0 bridgehead atoms. The predicted molar refractivity (Wildman–Crippen MR) is 112 cm³/mol. The van der Waals surface area contributed by atoms with Gasteiger partial charge in [0.25, 0.3) is 0 Å². The molecule has 2 heterocycles. The van der Waals surface area contributed by atoms with Crippen LogP contribution in [0.3, 0.4) is 0 Å². The molecule has 1 amide bonds. The fourth-order valence-corrected chi connectivity index (χ4v) is 3.67. The van der Waals surface area contributed by atoms with E-state index in [0.717, 1.165) is 0 Å². The molecule has 6 nitrogen and oxygen atoms in total. The minimum absolute atomic E-state index is 0.0520. The number of fused-ring (bicyclic) bond motifs is 1. The third-order valence-electron chi connectivity index (χ3n) is 4.23. The van der Waals surface area contributed by atoms with Crippen molar-refractivity contribution in [3.63, 3.8) is 0 Å². The Morgan fingerprint density at radius 2 is 1.93 bits per heavy atom. The number of aromatic nitrogens is 2. The first-order valence-electron chi connectivity index (χ1n) is 8.80. The molecule has 0 aliphatic carbocycles. The van der Waals surface area contributed by atoms with E-state index in [1.807, 2.05) is 25.7 Å². The minimum atomic E-state index is -0.585. The van der Waals surface area contributed by atoms with Crippen LogP contribution in [0.25, 0.3) is 10.9 Å². The molecule has 1 aromatic carbocycles. The first kappa shape index (κ1) is 21.3. The van der Waals surface area contributed by atoms with Gasteiger partial charge in [-0.3, -0.25) is 0 Å². The van der Waals surface area contributed by atoms with Crippen molar-refractivity contribution in [3.8, 4) is 0 Å². The van der Waals surface area contributed by atoms with Gasteiger partial charge in [0.15, 0.2) is 5.82 Å². The summed E-state index contributed by atoms with van der Waals surface area (Å²) >= 11 is 15.3. The van der Waals surface area contributed by atoms with Gasteiger partial charge in [0.1, 0.15) is 16.9 Å². The molecular weight excluding hydrogens is 474 g/mol. The molecule has 0 unspecified atom stereocenters. The van der Waals surface area contributed by atoms with E-state index in [0.29, 0.717) is 43.8 Å². The number of nitrogens with zero attached hydrogens (tertiary/aromatic N) is 4. The van der Waals surface area contributed by atoms with Gasteiger partial charge < -0.3 is 14.5 Å². The second-order valence-corrected chi connectivity index (χ2v) is 9.05. The van der Waals surface area contributed by atoms with Gasteiger partial charge in [-0.1, -0.05) is 11.6 Å². The maximum absolute atomic E-state index is 14.6. The molecular formula is C18H20BrCl2FN4O2. The molecule has 10 heteroatoms. The van der Waals surface area contributed by atoms with Gasteiger partial charge in [-0.25, -0.2) is 14.2 Å². The summed E-state index contributed by atoms with van der Waals surface area (Å²) in [5.41, 5.74) is -0.458. The zero-order valence-electron chi connectivity index (χ0n) is 15.7. The SMILES string of the molecule is CC(C)(C)OC(=O)N1CCCN(c2nc(Cl)nc3c(F)c(Br)c(Cl)cc23)CC1. The van der Waals surface area contributed by atoms with Gasteiger partial charge in [0.05, 0.1) is 9.50 Å². The van der Waals surface area contributed by atoms with Crippen LogP contribution in [0.1, 0.15) is 27.2 Å². The van der Waals surface area contributed by atoms with Crippen molar-refractivity contribution >= 4 is 61.9 Å². The Balaban J connectivity index is 1.90. The van der Waals surface area contributed by atoms with Gasteiger partial charge in [0.2, 0.25) is 5.28 Å². The number of carbonyl (C=O) groups excluding carboxylic acids is 1. The standard InChI is InChI=1S/C18H20BrCl2FN4O2/c1-18(2,3)28-17(27)26-6-4-5-25(7-8-26)15-10-9-11(20)12(19)13(22)14(10)23-16(21)24-15/h9H,4-8H2,1-3H3. The topological polar surface area (TPSA) is 58.6 Å². The molecule has 1 saturated heterocycles. The fraction of sp³-hybridized carbons (Fsp3) is 0.500. The fourth-order valence-electron chi connectivity index (χ4n) is 3.01. The normalized spacial score (nSPS) is 15.7. The summed E-state index contributed by atoms with van der Waals surface area (Å²) in [4.78, 5) is 24.3. The number of benzene rings is 1. The average Bonchev–Trinajstić information content (AvgIpc) is 2.85. The lowest BCUT2D eigenvalue weighted by Gasteiger charge is -2.27. The molecule has 0 saturated carbocycles.